The minimum Gasteiger partial charge on any atom is -0.353 e. The van der Waals surface area contributed by atoms with Crippen molar-refractivity contribution < 1.29 is 22.6 Å². The van der Waals surface area contributed by atoms with Gasteiger partial charge in [-0.3, -0.25) is 0 Å². The molecule has 1 atom stereocenters. The van der Waals surface area contributed by atoms with Crippen LogP contribution >= 0.6 is 0 Å². The molecule has 0 aromatic rings. The average molecular weight is 268 g/mol. The molecular formula is C13H23F3O2. The normalized spacial score (nSPS) is 20.5. The topological polar surface area (TPSA) is 18.5 Å². The maximum atomic E-state index is 11.9. The number of ether oxygens (including phenoxy) is 2. The minimum absolute atomic E-state index is 0.0169. The first-order valence-corrected chi connectivity index (χ1v) is 6.88. The Bertz CT molecular complexity index is 201. The second-order valence-electron chi connectivity index (χ2n) is 4.80. The van der Waals surface area contributed by atoms with E-state index in [1.54, 1.807) is 0 Å². The molecule has 0 N–H and O–H groups in total. The van der Waals surface area contributed by atoms with E-state index in [1.165, 1.54) is 0 Å². The SMILES string of the molecule is FC(F)(F)CCCCCCCCOC1CCCO1. The molecule has 0 bridgehead atoms. The van der Waals surface area contributed by atoms with Crippen LogP contribution in [0.2, 0.25) is 0 Å². The lowest BCUT2D eigenvalue weighted by Crippen LogP contribution is -2.11. The lowest BCUT2D eigenvalue weighted by molar-refractivity contribution is -0.135. The highest BCUT2D eigenvalue weighted by molar-refractivity contribution is 4.55. The quantitative estimate of drug-likeness (QED) is 0.576. The van der Waals surface area contributed by atoms with Crippen LogP contribution in [0.5, 0.6) is 0 Å². The molecule has 18 heavy (non-hydrogen) atoms. The highest BCUT2D eigenvalue weighted by Crippen LogP contribution is 2.23. The second kappa shape index (κ2) is 8.75. The van der Waals surface area contributed by atoms with Crippen molar-refractivity contribution in [2.45, 2.75) is 70.3 Å². The van der Waals surface area contributed by atoms with Gasteiger partial charge in [-0.05, 0) is 19.3 Å². The Morgan fingerprint density at radius 2 is 1.67 bits per heavy atom. The Kier molecular flexibility index (Phi) is 7.66. The average Bonchev–Trinajstić information content (AvgIpc) is 2.78. The van der Waals surface area contributed by atoms with Crippen LogP contribution in [0.4, 0.5) is 13.2 Å². The van der Waals surface area contributed by atoms with Gasteiger partial charge in [0.1, 0.15) is 0 Å². The molecule has 1 heterocycles. The zero-order valence-corrected chi connectivity index (χ0v) is 10.8. The largest absolute Gasteiger partial charge is 0.389 e. The summed E-state index contributed by atoms with van der Waals surface area (Å²) >= 11 is 0. The van der Waals surface area contributed by atoms with Crippen molar-refractivity contribution in [2.75, 3.05) is 13.2 Å². The maximum absolute atomic E-state index is 11.9. The van der Waals surface area contributed by atoms with Crippen LogP contribution in [0.15, 0.2) is 0 Å². The zero-order chi connectivity index (χ0) is 13.3. The monoisotopic (exact) mass is 268 g/mol. The summed E-state index contributed by atoms with van der Waals surface area (Å²) in [5.41, 5.74) is 0. The molecular weight excluding hydrogens is 245 g/mol. The molecule has 2 nitrogen and oxygen atoms in total. The maximum Gasteiger partial charge on any atom is 0.389 e. The van der Waals surface area contributed by atoms with Gasteiger partial charge in [0.05, 0.1) is 0 Å². The summed E-state index contributed by atoms with van der Waals surface area (Å²) in [5, 5.41) is 0. The van der Waals surface area contributed by atoms with Crippen LogP contribution < -0.4 is 0 Å². The van der Waals surface area contributed by atoms with Crippen LogP contribution in [0.1, 0.15) is 57.8 Å². The summed E-state index contributed by atoms with van der Waals surface area (Å²) in [6.07, 6.45) is 2.21. The fourth-order valence-electron chi connectivity index (χ4n) is 2.03. The van der Waals surface area contributed by atoms with E-state index in [2.05, 4.69) is 0 Å². The van der Waals surface area contributed by atoms with Crippen molar-refractivity contribution in [2.24, 2.45) is 0 Å². The molecule has 1 unspecified atom stereocenters. The molecule has 1 aliphatic rings. The standard InChI is InChI=1S/C13H23F3O2/c14-13(15,16)9-5-3-1-2-4-6-10-17-12-8-7-11-18-12/h12H,1-11H2. The number of hydrogen-bond acceptors (Lipinski definition) is 2. The molecule has 0 aromatic heterocycles. The number of rotatable bonds is 9. The van der Waals surface area contributed by atoms with Gasteiger partial charge >= 0.3 is 6.18 Å². The third-order valence-electron chi connectivity index (χ3n) is 3.05. The van der Waals surface area contributed by atoms with E-state index in [9.17, 15) is 13.2 Å². The number of hydrogen-bond donors (Lipinski definition) is 0. The van der Waals surface area contributed by atoms with Crippen LogP contribution in [0.3, 0.4) is 0 Å². The molecule has 0 saturated carbocycles. The van der Waals surface area contributed by atoms with Crippen LogP contribution in [0, 0.1) is 0 Å². The van der Waals surface area contributed by atoms with E-state index >= 15 is 0 Å². The number of alkyl halides is 3. The molecule has 0 aliphatic carbocycles. The van der Waals surface area contributed by atoms with Gasteiger partial charge in [0.2, 0.25) is 0 Å². The van der Waals surface area contributed by atoms with Gasteiger partial charge < -0.3 is 9.47 Å². The molecule has 1 fully saturated rings. The number of unbranched alkanes of at least 4 members (excludes halogenated alkanes) is 5. The molecule has 1 rings (SSSR count). The van der Waals surface area contributed by atoms with Crippen molar-refractivity contribution in [3.8, 4) is 0 Å². The van der Waals surface area contributed by atoms with Gasteiger partial charge in [0, 0.05) is 26.1 Å². The lowest BCUT2D eigenvalue weighted by atomic mass is 10.1. The van der Waals surface area contributed by atoms with Crippen LogP contribution in [-0.2, 0) is 9.47 Å². The second-order valence-corrected chi connectivity index (χ2v) is 4.80. The summed E-state index contributed by atoms with van der Waals surface area (Å²) in [4.78, 5) is 0. The van der Waals surface area contributed by atoms with Crippen LogP contribution in [-0.4, -0.2) is 25.7 Å². The van der Waals surface area contributed by atoms with E-state index in [0.717, 1.165) is 45.1 Å². The molecule has 1 aliphatic heterocycles. The predicted octanol–water partition coefficient (Wildman–Crippen LogP) is 4.43. The first-order valence-electron chi connectivity index (χ1n) is 6.88. The van der Waals surface area contributed by atoms with E-state index in [4.69, 9.17) is 9.47 Å². The summed E-state index contributed by atoms with van der Waals surface area (Å²) in [6.45, 7) is 1.50. The highest BCUT2D eigenvalue weighted by Gasteiger charge is 2.25. The Balaban J connectivity index is 1.76. The zero-order valence-electron chi connectivity index (χ0n) is 10.8. The Morgan fingerprint density at radius 3 is 2.28 bits per heavy atom. The summed E-state index contributed by atoms with van der Waals surface area (Å²) in [5.74, 6) is 0. The van der Waals surface area contributed by atoms with Gasteiger partial charge in [-0.15, -0.1) is 0 Å². The third-order valence-corrected chi connectivity index (χ3v) is 3.05. The fourth-order valence-corrected chi connectivity index (χ4v) is 2.03. The molecule has 0 spiro atoms. The molecule has 5 heteroatoms. The van der Waals surface area contributed by atoms with E-state index in [1.807, 2.05) is 0 Å². The lowest BCUT2D eigenvalue weighted by Gasteiger charge is -2.10. The van der Waals surface area contributed by atoms with Crippen molar-refractivity contribution in [3.63, 3.8) is 0 Å². The predicted molar refractivity (Wildman–Crippen MR) is 63.3 cm³/mol. The first-order chi connectivity index (χ1) is 8.58. The van der Waals surface area contributed by atoms with Crippen LogP contribution in [0.25, 0.3) is 0 Å². The van der Waals surface area contributed by atoms with E-state index in [0.29, 0.717) is 13.0 Å². The van der Waals surface area contributed by atoms with Crippen molar-refractivity contribution in [3.05, 3.63) is 0 Å². The molecule has 0 aromatic carbocycles. The molecule has 0 radical (unpaired) electrons. The highest BCUT2D eigenvalue weighted by atomic mass is 19.4. The number of halogens is 3. The Morgan fingerprint density at radius 1 is 1.00 bits per heavy atom. The van der Waals surface area contributed by atoms with Gasteiger partial charge in [0.25, 0.3) is 0 Å². The Labute approximate surface area is 107 Å². The Hall–Kier alpha value is -0.290. The minimum atomic E-state index is -3.99. The third kappa shape index (κ3) is 8.75. The molecule has 108 valence electrons. The van der Waals surface area contributed by atoms with Gasteiger partial charge in [-0.2, -0.15) is 13.2 Å². The fraction of sp³-hybridized carbons (Fsp3) is 1.00. The van der Waals surface area contributed by atoms with Gasteiger partial charge in [-0.25, -0.2) is 0 Å². The first kappa shape index (κ1) is 15.8. The van der Waals surface area contributed by atoms with Crippen molar-refractivity contribution in [1.29, 1.82) is 0 Å². The summed E-state index contributed by atoms with van der Waals surface area (Å²) in [7, 11) is 0. The molecule has 0 amide bonds. The van der Waals surface area contributed by atoms with Crippen molar-refractivity contribution >= 4 is 0 Å². The van der Waals surface area contributed by atoms with Gasteiger partial charge in [0.15, 0.2) is 6.29 Å². The summed E-state index contributed by atoms with van der Waals surface area (Å²) in [6, 6.07) is 0. The van der Waals surface area contributed by atoms with E-state index in [-0.39, 0.29) is 12.7 Å². The summed E-state index contributed by atoms with van der Waals surface area (Å²) < 4.78 is 46.4. The van der Waals surface area contributed by atoms with E-state index < -0.39 is 12.6 Å². The van der Waals surface area contributed by atoms with Crippen molar-refractivity contribution in [1.82, 2.24) is 0 Å². The molecule has 1 saturated heterocycles. The van der Waals surface area contributed by atoms with Gasteiger partial charge in [-0.1, -0.05) is 25.7 Å². The smallest absolute Gasteiger partial charge is 0.353 e.